The summed E-state index contributed by atoms with van der Waals surface area (Å²) in [7, 11) is 0.862. The molecular weight excluding hydrogens is 336 g/mol. The van der Waals surface area contributed by atoms with Crippen molar-refractivity contribution in [1.29, 1.82) is 0 Å². The number of hydrogen-bond acceptors (Lipinski definition) is 4. The van der Waals surface area contributed by atoms with E-state index in [1.807, 2.05) is 0 Å². The van der Waals surface area contributed by atoms with Gasteiger partial charge < -0.3 is 0 Å². The van der Waals surface area contributed by atoms with Crippen molar-refractivity contribution < 1.29 is 13.3 Å². The Balaban J connectivity index is 3.76. The zero-order valence-electron chi connectivity index (χ0n) is 7.73. The molecule has 0 saturated carbocycles. The highest BCUT2D eigenvalue weighted by atomic mass is 35.7. The summed E-state index contributed by atoms with van der Waals surface area (Å²) >= 11 is 16.6. The fraction of sp³-hybridized carbons (Fsp3) is 0.143. The molecule has 10 heteroatoms. The highest BCUT2D eigenvalue weighted by molar-refractivity contribution is 8.13. The first-order valence-electron chi connectivity index (χ1n) is 3.84. The lowest BCUT2D eigenvalue weighted by atomic mass is 10.2. The standard InChI is InChI=1S/C7H3Cl4NO4S/c8-7(9,10)6-4(12(13)14)2-1-3-5(6)17(11,15)16/h1-3H. The fourth-order valence-electron chi connectivity index (χ4n) is 1.16. The van der Waals surface area contributed by atoms with E-state index in [1.165, 1.54) is 0 Å². The molecule has 0 atom stereocenters. The molecular formula is C7H3Cl4NO4S. The number of nitrogens with zero attached hydrogens (tertiary/aromatic N) is 1. The van der Waals surface area contributed by atoms with Crippen LogP contribution in [0.3, 0.4) is 0 Å². The van der Waals surface area contributed by atoms with E-state index in [2.05, 4.69) is 0 Å². The summed E-state index contributed by atoms with van der Waals surface area (Å²) in [6.07, 6.45) is 0. The Labute approximate surface area is 116 Å². The lowest BCUT2D eigenvalue weighted by molar-refractivity contribution is -0.385. The average molecular weight is 339 g/mol. The van der Waals surface area contributed by atoms with Crippen LogP contribution in [0.4, 0.5) is 5.69 Å². The van der Waals surface area contributed by atoms with Crippen LogP contribution in [0, 0.1) is 10.1 Å². The van der Waals surface area contributed by atoms with Crippen molar-refractivity contribution in [1.82, 2.24) is 0 Å². The van der Waals surface area contributed by atoms with Crippen molar-refractivity contribution in [3.05, 3.63) is 33.9 Å². The first-order chi connectivity index (χ1) is 7.55. The Morgan fingerprint density at radius 3 is 2.12 bits per heavy atom. The topological polar surface area (TPSA) is 77.3 Å². The minimum atomic E-state index is -4.26. The minimum Gasteiger partial charge on any atom is -0.258 e. The molecule has 0 amide bonds. The molecule has 0 aliphatic carbocycles. The number of hydrogen-bond donors (Lipinski definition) is 0. The number of benzene rings is 1. The summed E-state index contributed by atoms with van der Waals surface area (Å²) in [5.41, 5.74) is -1.21. The summed E-state index contributed by atoms with van der Waals surface area (Å²) in [5, 5.41) is 10.7. The average Bonchev–Trinajstić information content (AvgIpc) is 2.13. The summed E-state index contributed by atoms with van der Waals surface area (Å²) in [6.45, 7) is 0. The second kappa shape index (κ2) is 4.78. The van der Waals surface area contributed by atoms with Crippen molar-refractivity contribution >= 4 is 60.2 Å². The maximum absolute atomic E-state index is 11.2. The third kappa shape index (κ3) is 3.35. The van der Waals surface area contributed by atoms with Crippen LogP contribution in [0.5, 0.6) is 0 Å². The molecule has 0 bridgehead atoms. The Morgan fingerprint density at radius 1 is 1.24 bits per heavy atom. The lowest BCUT2D eigenvalue weighted by Crippen LogP contribution is -2.10. The van der Waals surface area contributed by atoms with Crippen LogP contribution in [0.15, 0.2) is 23.1 Å². The fourth-order valence-corrected chi connectivity index (χ4v) is 3.05. The van der Waals surface area contributed by atoms with Gasteiger partial charge in [-0.25, -0.2) is 8.42 Å². The zero-order valence-corrected chi connectivity index (χ0v) is 11.6. The van der Waals surface area contributed by atoms with E-state index in [-0.39, 0.29) is 0 Å². The van der Waals surface area contributed by atoms with Crippen molar-refractivity contribution in [3.63, 3.8) is 0 Å². The van der Waals surface area contributed by atoms with Crippen LogP contribution in [-0.4, -0.2) is 13.3 Å². The smallest absolute Gasteiger partial charge is 0.258 e. The second-order valence-electron chi connectivity index (χ2n) is 2.84. The van der Waals surface area contributed by atoms with Gasteiger partial charge in [-0.15, -0.1) is 0 Å². The quantitative estimate of drug-likeness (QED) is 0.358. The maximum atomic E-state index is 11.2. The van der Waals surface area contributed by atoms with Crippen LogP contribution in [0.25, 0.3) is 0 Å². The van der Waals surface area contributed by atoms with Crippen molar-refractivity contribution in [2.45, 2.75) is 8.69 Å². The van der Waals surface area contributed by atoms with Crippen molar-refractivity contribution in [3.8, 4) is 0 Å². The third-order valence-electron chi connectivity index (χ3n) is 1.75. The van der Waals surface area contributed by atoms with E-state index in [4.69, 9.17) is 45.5 Å². The molecule has 0 radical (unpaired) electrons. The molecule has 5 nitrogen and oxygen atoms in total. The van der Waals surface area contributed by atoms with Gasteiger partial charge in [-0.1, -0.05) is 40.9 Å². The van der Waals surface area contributed by atoms with E-state index in [1.54, 1.807) is 0 Å². The van der Waals surface area contributed by atoms with Gasteiger partial charge in [0, 0.05) is 16.7 Å². The van der Waals surface area contributed by atoms with Gasteiger partial charge in [0.2, 0.25) is 3.79 Å². The lowest BCUT2D eigenvalue weighted by Gasteiger charge is -2.14. The van der Waals surface area contributed by atoms with E-state index in [9.17, 15) is 18.5 Å². The van der Waals surface area contributed by atoms with E-state index in [0.717, 1.165) is 18.2 Å². The molecule has 0 N–H and O–H groups in total. The summed E-state index contributed by atoms with van der Waals surface area (Å²) in [5.74, 6) is 0. The largest absolute Gasteiger partial charge is 0.278 e. The number of nitro groups is 1. The van der Waals surface area contributed by atoms with Gasteiger partial charge >= 0.3 is 0 Å². The van der Waals surface area contributed by atoms with Crippen LogP contribution in [-0.2, 0) is 12.8 Å². The third-order valence-corrected chi connectivity index (χ3v) is 3.68. The summed E-state index contributed by atoms with van der Waals surface area (Å²) in [4.78, 5) is 9.28. The first kappa shape index (κ1) is 14.8. The van der Waals surface area contributed by atoms with E-state index in [0.29, 0.717) is 0 Å². The highest BCUT2D eigenvalue weighted by Gasteiger charge is 2.37. The van der Waals surface area contributed by atoms with Gasteiger partial charge in [0.05, 0.1) is 9.82 Å². The normalized spacial score (nSPS) is 12.5. The van der Waals surface area contributed by atoms with Gasteiger partial charge in [-0.05, 0) is 6.07 Å². The Kier molecular flexibility index (Phi) is 4.16. The van der Waals surface area contributed by atoms with Crippen LogP contribution < -0.4 is 0 Å². The Morgan fingerprint density at radius 2 is 1.76 bits per heavy atom. The highest BCUT2D eigenvalue weighted by Crippen LogP contribution is 2.46. The van der Waals surface area contributed by atoms with Gasteiger partial charge in [-0.3, -0.25) is 10.1 Å². The van der Waals surface area contributed by atoms with Crippen molar-refractivity contribution in [2.24, 2.45) is 0 Å². The van der Waals surface area contributed by atoms with E-state index >= 15 is 0 Å². The molecule has 1 rings (SSSR count). The maximum Gasteiger partial charge on any atom is 0.278 e. The van der Waals surface area contributed by atoms with Gasteiger partial charge in [0.15, 0.2) is 0 Å². The molecule has 17 heavy (non-hydrogen) atoms. The summed E-state index contributed by atoms with van der Waals surface area (Å²) in [6, 6.07) is 3.17. The first-order valence-corrected chi connectivity index (χ1v) is 7.28. The molecule has 0 aromatic heterocycles. The molecule has 0 unspecified atom stereocenters. The molecule has 0 heterocycles. The second-order valence-corrected chi connectivity index (χ2v) is 7.66. The van der Waals surface area contributed by atoms with Gasteiger partial charge in [0.25, 0.3) is 14.7 Å². The molecule has 0 fully saturated rings. The van der Waals surface area contributed by atoms with Crippen molar-refractivity contribution in [2.75, 3.05) is 0 Å². The number of rotatable bonds is 2. The van der Waals surface area contributed by atoms with E-state index < -0.39 is 33.9 Å². The molecule has 94 valence electrons. The number of halogens is 4. The predicted octanol–water partition coefficient (Wildman–Crippen LogP) is 3.35. The Hall–Kier alpha value is -0.270. The molecule has 0 spiro atoms. The van der Waals surface area contributed by atoms with Crippen LogP contribution in [0.1, 0.15) is 5.56 Å². The SMILES string of the molecule is O=[N+]([O-])c1cccc(S(=O)(=O)Cl)c1C(Cl)(Cl)Cl. The van der Waals surface area contributed by atoms with Crippen LogP contribution >= 0.6 is 45.5 Å². The van der Waals surface area contributed by atoms with Gasteiger partial charge in [-0.2, -0.15) is 0 Å². The Bertz CT molecular complexity index is 566. The number of alkyl halides is 3. The predicted molar refractivity (Wildman–Crippen MR) is 65.4 cm³/mol. The molecule has 0 saturated heterocycles. The monoisotopic (exact) mass is 337 g/mol. The van der Waals surface area contributed by atoms with Gasteiger partial charge in [0.1, 0.15) is 5.56 Å². The molecule has 1 aromatic rings. The zero-order chi connectivity index (χ0) is 13.4. The minimum absolute atomic E-state index is 0.579. The molecule has 0 aliphatic heterocycles. The van der Waals surface area contributed by atoms with Crippen LogP contribution in [0.2, 0.25) is 0 Å². The molecule has 1 aromatic carbocycles. The summed E-state index contributed by atoms with van der Waals surface area (Å²) < 4.78 is 20.2. The number of nitro benzene ring substituents is 1. The molecule has 0 aliphatic rings.